The topological polar surface area (TPSA) is 32.8 Å². The summed E-state index contributed by atoms with van der Waals surface area (Å²) in [5.74, 6) is -0.0904. The van der Waals surface area contributed by atoms with Crippen molar-refractivity contribution >= 4 is 11.7 Å². The summed E-state index contributed by atoms with van der Waals surface area (Å²) in [6, 6.07) is 18.1. The monoisotopic (exact) mass is 392 g/mol. The Morgan fingerprint density at radius 2 is 1.79 bits per heavy atom. The number of nitrogens with zero attached hydrogens (tertiary/aromatic N) is 2. The molecule has 4 heteroatoms. The Kier molecular flexibility index (Phi) is 5.64. The van der Waals surface area contributed by atoms with E-state index in [0.717, 1.165) is 39.0 Å². The summed E-state index contributed by atoms with van der Waals surface area (Å²) >= 11 is 0. The highest BCUT2D eigenvalue weighted by Crippen LogP contribution is 2.39. The van der Waals surface area contributed by atoms with Crippen molar-refractivity contribution < 1.29 is 9.53 Å². The summed E-state index contributed by atoms with van der Waals surface area (Å²) < 4.78 is 5.27. The van der Waals surface area contributed by atoms with Crippen molar-refractivity contribution in [2.45, 2.75) is 39.7 Å². The molecule has 2 heterocycles. The average Bonchev–Trinajstić information content (AvgIpc) is 2.87. The zero-order valence-electron chi connectivity index (χ0n) is 17.9. The van der Waals surface area contributed by atoms with Crippen LogP contribution in [0.5, 0.6) is 0 Å². The lowest BCUT2D eigenvalue weighted by atomic mass is 9.89. The number of piperazine rings is 1. The number of carbonyl (C=O) groups excluding carboxylic acids is 1. The molecule has 2 aromatic carbocycles. The number of hydrogen-bond acceptors (Lipinski definition) is 4. The molecule has 0 spiro atoms. The highest BCUT2D eigenvalue weighted by molar-refractivity contribution is 5.75. The third-order valence-corrected chi connectivity index (χ3v) is 6.44. The molecule has 0 aliphatic carbocycles. The molecule has 2 aromatic rings. The van der Waals surface area contributed by atoms with Crippen LogP contribution in [0.2, 0.25) is 0 Å². The Morgan fingerprint density at radius 1 is 1.07 bits per heavy atom. The number of esters is 1. The highest BCUT2D eigenvalue weighted by Gasteiger charge is 2.35. The van der Waals surface area contributed by atoms with Crippen LogP contribution in [0.4, 0.5) is 5.69 Å². The molecule has 154 valence electrons. The van der Waals surface area contributed by atoms with Gasteiger partial charge in [0.25, 0.3) is 0 Å². The van der Waals surface area contributed by atoms with Crippen LogP contribution in [0.15, 0.2) is 48.5 Å². The Balaban J connectivity index is 1.54. The quantitative estimate of drug-likeness (QED) is 0.705. The first-order valence-corrected chi connectivity index (χ1v) is 10.8. The van der Waals surface area contributed by atoms with E-state index in [4.69, 9.17) is 4.74 Å². The number of anilines is 1. The second-order valence-electron chi connectivity index (χ2n) is 8.87. The molecule has 29 heavy (non-hydrogen) atoms. The molecule has 0 unspecified atom stereocenters. The second kappa shape index (κ2) is 8.19. The first-order valence-electron chi connectivity index (χ1n) is 10.8. The number of fused-ring (bicyclic) bond motifs is 5. The molecular formula is C25H32N2O2. The lowest BCUT2D eigenvalue weighted by molar-refractivity contribution is -0.154. The number of benzene rings is 2. The summed E-state index contributed by atoms with van der Waals surface area (Å²) in [6.45, 7) is 10.2. The van der Waals surface area contributed by atoms with Crippen molar-refractivity contribution in [1.29, 1.82) is 0 Å². The second-order valence-corrected chi connectivity index (χ2v) is 8.87. The van der Waals surface area contributed by atoms with E-state index in [1.165, 1.54) is 22.4 Å². The van der Waals surface area contributed by atoms with E-state index in [0.29, 0.717) is 12.6 Å². The average molecular weight is 393 g/mol. The van der Waals surface area contributed by atoms with Crippen molar-refractivity contribution in [1.82, 2.24) is 4.90 Å². The molecule has 4 rings (SSSR count). The van der Waals surface area contributed by atoms with Gasteiger partial charge in [0.05, 0.1) is 18.1 Å². The van der Waals surface area contributed by atoms with Gasteiger partial charge in [-0.1, -0.05) is 42.5 Å². The van der Waals surface area contributed by atoms with E-state index in [-0.39, 0.29) is 5.97 Å². The molecule has 0 bridgehead atoms. The first kappa shape index (κ1) is 20.0. The molecule has 1 atom stereocenters. The number of carbonyl (C=O) groups is 1. The Morgan fingerprint density at radius 3 is 2.59 bits per heavy atom. The van der Waals surface area contributed by atoms with Crippen LogP contribution in [-0.2, 0) is 16.0 Å². The minimum atomic E-state index is -0.443. The van der Waals surface area contributed by atoms with Gasteiger partial charge in [0.15, 0.2) is 0 Å². The maximum Gasteiger partial charge on any atom is 0.311 e. The molecule has 2 aliphatic heterocycles. The molecule has 0 N–H and O–H groups in total. The minimum absolute atomic E-state index is 0.0904. The molecule has 1 saturated heterocycles. The van der Waals surface area contributed by atoms with Crippen molar-refractivity contribution in [2.75, 3.05) is 37.7 Å². The molecule has 4 nitrogen and oxygen atoms in total. The lowest BCUT2D eigenvalue weighted by Gasteiger charge is -2.43. The third kappa shape index (κ3) is 4.04. The van der Waals surface area contributed by atoms with Gasteiger partial charge in [0.2, 0.25) is 0 Å². The van der Waals surface area contributed by atoms with E-state index >= 15 is 0 Å². The Bertz CT molecular complexity index is 877. The first-order chi connectivity index (χ1) is 14.0. The minimum Gasteiger partial charge on any atom is -0.466 e. The van der Waals surface area contributed by atoms with Gasteiger partial charge in [-0.05, 0) is 62.9 Å². The van der Waals surface area contributed by atoms with Gasteiger partial charge >= 0.3 is 5.97 Å². The predicted octanol–water partition coefficient (Wildman–Crippen LogP) is 4.43. The van der Waals surface area contributed by atoms with Gasteiger partial charge in [0.1, 0.15) is 0 Å². The Labute approximate surface area is 174 Å². The van der Waals surface area contributed by atoms with Gasteiger partial charge in [0, 0.05) is 25.3 Å². The van der Waals surface area contributed by atoms with Crippen molar-refractivity contribution in [2.24, 2.45) is 5.41 Å². The molecule has 0 saturated carbocycles. The van der Waals surface area contributed by atoms with E-state index in [2.05, 4.69) is 58.3 Å². The van der Waals surface area contributed by atoms with Crippen LogP contribution in [0.3, 0.4) is 0 Å². The third-order valence-electron chi connectivity index (χ3n) is 6.44. The summed E-state index contributed by atoms with van der Waals surface area (Å²) in [5, 5.41) is 0. The highest BCUT2D eigenvalue weighted by atomic mass is 16.5. The van der Waals surface area contributed by atoms with Gasteiger partial charge in [-0.25, -0.2) is 0 Å². The van der Waals surface area contributed by atoms with Gasteiger partial charge in [-0.3, -0.25) is 9.69 Å². The molecule has 0 amide bonds. The van der Waals surface area contributed by atoms with Crippen molar-refractivity contribution in [3.8, 4) is 0 Å². The van der Waals surface area contributed by atoms with E-state index in [9.17, 15) is 4.79 Å². The number of rotatable bonds is 5. The summed E-state index contributed by atoms with van der Waals surface area (Å²) in [6.07, 6.45) is 1.81. The summed E-state index contributed by atoms with van der Waals surface area (Å²) in [5.41, 5.74) is 5.22. The molecule has 2 aliphatic rings. The van der Waals surface area contributed by atoms with Crippen LogP contribution in [0, 0.1) is 5.41 Å². The smallest absolute Gasteiger partial charge is 0.311 e. The van der Waals surface area contributed by atoms with E-state index in [1.807, 2.05) is 20.8 Å². The van der Waals surface area contributed by atoms with Crippen molar-refractivity contribution in [3.63, 3.8) is 0 Å². The Hall–Kier alpha value is -2.33. The molecule has 0 radical (unpaired) electrons. The van der Waals surface area contributed by atoms with Crippen LogP contribution in [-0.4, -0.2) is 43.7 Å². The van der Waals surface area contributed by atoms with Crippen LogP contribution < -0.4 is 4.90 Å². The van der Waals surface area contributed by atoms with Gasteiger partial charge in [-0.2, -0.15) is 0 Å². The van der Waals surface area contributed by atoms with Crippen LogP contribution >= 0.6 is 0 Å². The van der Waals surface area contributed by atoms with Crippen molar-refractivity contribution in [3.05, 3.63) is 65.2 Å². The summed E-state index contributed by atoms with van der Waals surface area (Å²) in [4.78, 5) is 17.4. The number of hydrogen-bond donors (Lipinski definition) is 0. The SMILES string of the molecule is CCOC(=O)C(C)(C)CCN1CCN2c3ccccc3Cc3ccccc3[C@@H]2C1. The van der Waals surface area contributed by atoms with Gasteiger partial charge < -0.3 is 9.64 Å². The maximum absolute atomic E-state index is 12.3. The standard InChI is InChI=1S/C25H32N2O2/c1-4-29-24(28)25(2,3)13-14-26-15-16-27-22-12-8-6-10-20(22)17-19-9-5-7-11-21(19)23(27)18-26/h5-12,23H,4,13-18H2,1-3H3/t23-/m0/s1. The number of ether oxygens (including phenoxy) is 1. The summed E-state index contributed by atoms with van der Waals surface area (Å²) in [7, 11) is 0. The van der Waals surface area contributed by atoms with Crippen LogP contribution in [0.1, 0.15) is 49.9 Å². The number of para-hydroxylation sites is 1. The molecule has 1 fully saturated rings. The van der Waals surface area contributed by atoms with Gasteiger partial charge in [-0.15, -0.1) is 0 Å². The zero-order valence-corrected chi connectivity index (χ0v) is 17.9. The zero-order chi connectivity index (χ0) is 20.4. The van der Waals surface area contributed by atoms with E-state index < -0.39 is 5.41 Å². The lowest BCUT2D eigenvalue weighted by Crippen LogP contribution is -2.49. The normalized spacial score (nSPS) is 19.0. The predicted molar refractivity (Wildman–Crippen MR) is 117 cm³/mol. The molecule has 0 aromatic heterocycles. The van der Waals surface area contributed by atoms with E-state index in [1.54, 1.807) is 0 Å². The fourth-order valence-corrected chi connectivity index (χ4v) is 4.63. The molecular weight excluding hydrogens is 360 g/mol. The van der Waals surface area contributed by atoms with Crippen LogP contribution in [0.25, 0.3) is 0 Å². The fourth-order valence-electron chi connectivity index (χ4n) is 4.63. The fraction of sp³-hybridized carbons (Fsp3) is 0.480. The largest absolute Gasteiger partial charge is 0.466 e. The maximum atomic E-state index is 12.3.